The summed E-state index contributed by atoms with van der Waals surface area (Å²) in [6, 6.07) is 2.78. The molecule has 1 aromatic carbocycles. The zero-order valence-electron chi connectivity index (χ0n) is 12.1. The van der Waals surface area contributed by atoms with Crippen LogP contribution < -0.4 is 10.6 Å². The van der Waals surface area contributed by atoms with Gasteiger partial charge in [0.2, 0.25) is 0 Å². The van der Waals surface area contributed by atoms with E-state index in [-0.39, 0.29) is 16.0 Å². The Kier molecular flexibility index (Phi) is 6.97. The second-order valence-electron chi connectivity index (χ2n) is 4.85. The Morgan fingerprint density at radius 3 is 2.59 bits per heavy atom. The third-order valence-corrected chi connectivity index (χ3v) is 3.07. The molecule has 0 aliphatic heterocycles. The van der Waals surface area contributed by atoms with Gasteiger partial charge in [0.05, 0.1) is 5.56 Å². The van der Waals surface area contributed by atoms with Crippen molar-refractivity contribution in [3.8, 4) is 0 Å². The van der Waals surface area contributed by atoms with E-state index < -0.39 is 30.3 Å². The lowest BCUT2D eigenvalue weighted by Crippen LogP contribution is -2.42. The van der Waals surface area contributed by atoms with Crippen LogP contribution in [0.5, 0.6) is 0 Å². The number of rotatable bonds is 5. The fourth-order valence-corrected chi connectivity index (χ4v) is 1.88. The molecule has 0 aromatic heterocycles. The van der Waals surface area contributed by atoms with Crippen LogP contribution in [0.25, 0.3) is 0 Å². The molecule has 0 fully saturated rings. The summed E-state index contributed by atoms with van der Waals surface area (Å²) in [4.78, 5) is 34.5. The first kappa shape index (κ1) is 18.1. The van der Waals surface area contributed by atoms with Crippen LogP contribution in [-0.4, -0.2) is 31.1 Å². The molecule has 0 saturated heterocycles. The number of ether oxygens (including phenoxy) is 1. The number of halogens is 2. The Bertz CT molecular complexity index is 578. The van der Waals surface area contributed by atoms with Crippen molar-refractivity contribution < 1.29 is 23.5 Å². The van der Waals surface area contributed by atoms with Crippen molar-refractivity contribution in [1.29, 1.82) is 0 Å². The highest BCUT2D eigenvalue weighted by Gasteiger charge is 2.15. The molecule has 3 amide bonds. The molecule has 22 heavy (non-hydrogen) atoms. The molecular weight excluding hydrogens is 359 g/mol. The van der Waals surface area contributed by atoms with Crippen LogP contribution in [0, 0.1) is 11.7 Å². The highest BCUT2D eigenvalue weighted by molar-refractivity contribution is 9.10. The van der Waals surface area contributed by atoms with E-state index in [1.54, 1.807) is 0 Å². The number of carbonyl (C=O) groups excluding carboxylic acids is 3. The molecule has 0 aliphatic carbocycles. The van der Waals surface area contributed by atoms with E-state index >= 15 is 0 Å². The number of amides is 3. The second-order valence-corrected chi connectivity index (χ2v) is 5.71. The monoisotopic (exact) mass is 374 g/mol. The summed E-state index contributed by atoms with van der Waals surface area (Å²) in [5.41, 5.74) is 0.0819. The van der Waals surface area contributed by atoms with Crippen LogP contribution in [0.3, 0.4) is 0 Å². The first-order chi connectivity index (χ1) is 10.3. The first-order valence-electron chi connectivity index (χ1n) is 6.49. The van der Waals surface area contributed by atoms with Crippen molar-refractivity contribution in [2.75, 3.05) is 13.2 Å². The maximum Gasteiger partial charge on any atom is 0.339 e. The summed E-state index contributed by atoms with van der Waals surface area (Å²) >= 11 is 3.02. The zero-order valence-corrected chi connectivity index (χ0v) is 13.7. The van der Waals surface area contributed by atoms with Crippen molar-refractivity contribution in [3.63, 3.8) is 0 Å². The number of urea groups is 1. The van der Waals surface area contributed by atoms with E-state index in [4.69, 9.17) is 4.74 Å². The Labute approximate surface area is 135 Å². The van der Waals surface area contributed by atoms with Crippen molar-refractivity contribution in [3.05, 3.63) is 34.1 Å². The fraction of sp³-hybridized carbons (Fsp3) is 0.357. The molecule has 0 bridgehead atoms. The minimum Gasteiger partial charge on any atom is -0.452 e. The van der Waals surface area contributed by atoms with E-state index in [2.05, 4.69) is 21.2 Å². The summed E-state index contributed by atoms with van der Waals surface area (Å²) in [5.74, 6) is -1.82. The minimum atomic E-state index is -0.801. The summed E-state index contributed by atoms with van der Waals surface area (Å²) in [5, 5.41) is 4.52. The molecule has 0 unspecified atom stereocenters. The molecule has 0 saturated carbocycles. The van der Waals surface area contributed by atoms with Gasteiger partial charge in [-0.3, -0.25) is 10.1 Å². The maximum atomic E-state index is 12.9. The van der Waals surface area contributed by atoms with E-state index in [0.717, 1.165) is 12.1 Å². The molecule has 0 spiro atoms. The number of carbonyl (C=O) groups is 3. The van der Waals surface area contributed by atoms with Crippen LogP contribution in [0.4, 0.5) is 9.18 Å². The average Bonchev–Trinajstić information content (AvgIpc) is 2.42. The van der Waals surface area contributed by atoms with Gasteiger partial charge in [-0.25, -0.2) is 14.0 Å². The summed E-state index contributed by atoms with van der Waals surface area (Å²) in [7, 11) is 0. The second kappa shape index (κ2) is 8.47. The third kappa shape index (κ3) is 6.21. The number of benzene rings is 1. The largest absolute Gasteiger partial charge is 0.452 e. The van der Waals surface area contributed by atoms with Gasteiger partial charge >= 0.3 is 12.0 Å². The van der Waals surface area contributed by atoms with Crippen LogP contribution >= 0.6 is 15.9 Å². The average molecular weight is 375 g/mol. The number of esters is 1. The Morgan fingerprint density at radius 1 is 1.32 bits per heavy atom. The molecule has 0 atom stereocenters. The maximum absolute atomic E-state index is 12.9. The molecule has 1 rings (SSSR count). The predicted molar refractivity (Wildman–Crippen MR) is 80.8 cm³/mol. The number of hydrogen-bond acceptors (Lipinski definition) is 4. The lowest BCUT2D eigenvalue weighted by atomic mass is 10.2. The quantitative estimate of drug-likeness (QED) is 0.773. The smallest absolute Gasteiger partial charge is 0.339 e. The lowest BCUT2D eigenvalue weighted by Gasteiger charge is -2.09. The van der Waals surface area contributed by atoms with Crippen LogP contribution in [0.1, 0.15) is 24.2 Å². The first-order valence-corrected chi connectivity index (χ1v) is 7.28. The molecule has 0 heterocycles. The molecule has 0 radical (unpaired) electrons. The van der Waals surface area contributed by atoms with E-state index in [9.17, 15) is 18.8 Å². The fourth-order valence-electron chi connectivity index (χ4n) is 1.37. The highest BCUT2D eigenvalue weighted by Crippen LogP contribution is 2.18. The normalized spacial score (nSPS) is 10.2. The van der Waals surface area contributed by atoms with Gasteiger partial charge in [-0.1, -0.05) is 13.8 Å². The summed E-state index contributed by atoms with van der Waals surface area (Å²) in [6.07, 6.45) is 0. The number of nitrogens with one attached hydrogen (secondary N) is 2. The van der Waals surface area contributed by atoms with E-state index in [1.165, 1.54) is 6.07 Å². The van der Waals surface area contributed by atoms with Crippen LogP contribution in [-0.2, 0) is 9.53 Å². The summed E-state index contributed by atoms with van der Waals surface area (Å²) < 4.78 is 17.9. The van der Waals surface area contributed by atoms with E-state index in [0.29, 0.717) is 6.54 Å². The Hall–Kier alpha value is -1.96. The van der Waals surface area contributed by atoms with Crippen LogP contribution in [0.15, 0.2) is 22.7 Å². The topological polar surface area (TPSA) is 84.5 Å². The third-order valence-electron chi connectivity index (χ3n) is 2.41. The van der Waals surface area contributed by atoms with Gasteiger partial charge in [-0.05, 0) is 40.0 Å². The van der Waals surface area contributed by atoms with Gasteiger partial charge in [-0.15, -0.1) is 0 Å². The van der Waals surface area contributed by atoms with Crippen molar-refractivity contribution in [1.82, 2.24) is 10.6 Å². The molecule has 6 nitrogen and oxygen atoms in total. The predicted octanol–water partition coefficient (Wildman–Crippen LogP) is 2.23. The number of hydrogen-bond donors (Lipinski definition) is 2. The van der Waals surface area contributed by atoms with Crippen molar-refractivity contribution in [2.24, 2.45) is 5.92 Å². The minimum absolute atomic E-state index is 0.0819. The Balaban J connectivity index is 2.43. The zero-order chi connectivity index (χ0) is 16.7. The van der Waals surface area contributed by atoms with Gasteiger partial charge in [0.25, 0.3) is 5.91 Å². The van der Waals surface area contributed by atoms with Crippen molar-refractivity contribution in [2.45, 2.75) is 13.8 Å². The van der Waals surface area contributed by atoms with Gasteiger partial charge in [0.15, 0.2) is 6.61 Å². The van der Waals surface area contributed by atoms with Gasteiger partial charge in [-0.2, -0.15) is 0 Å². The Morgan fingerprint density at radius 2 is 2.00 bits per heavy atom. The molecular formula is C14H16BrFN2O4. The molecule has 120 valence electrons. The van der Waals surface area contributed by atoms with Gasteiger partial charge < -0.3 is 10.1 Å². The van der Waals surface area contributed by atoms with Crippen molar-refractivity contribution >= 4 is 33.8 Å². The van der Waals surface area contributed by atoms with E-state index in [1.807, 2.05) is 19.2 Å². The molecule has 1 aromatic rings. The summed E-state index contributed by atoms with van der Waals surface area (Å²) in [6.45, 7) is 3.62. The highest BCUT2D eigenvalue weighted by atomic mass is 79.9. The van der Waals surface area contributed by atoms with Gasteiger partial charge in [0, 0.05) is 11.0 Å². The molecule has 2 N–H and O–H groups in total. The van der Waals surface area contributed by atoms with Crippen LogP contribution in [0.2, 0.25) is 0 Å². The number of imide groups is 1. The lowest BCUT2D eigenvalue weighted by molar-refractivity contribution is -0.123. The standard InChI is InChI=1S/C14H16BrFN2O4/c1-8(2)6-17-14(21)18-12(19)7-22-13(20)10-4-3-9(16)5-11(10)15/h3-5,8H,6-7H2,1-2H3,(H2,17,18,19,21). The molecule has 8 heteroatoms. The SMILES string of the molecule is CC(C)CNC(=O)NC(=O)COC(=O)c1ccc(F)cc1Br. The molecule has 0 aliphatic rings. The van der Waals surface area contributed by atoms with Gasteiger partial charge in [0.1, 0.15) is 5.82 Å².